The molecule has 4 aromatic rings. The number of halogens is 1. The van der Waals surface area contributed by atoms with Crippen LogP contribution in [0.25, 0.3) is 5.00 Å². The zero-order valence-electron chi connectivity index (χ0n) is 26.7. The minimum Gasteiger partial charge on any atom is -0.444 e. The van der Waals surface area contributed by atoms with E-state index < -0.39 is 11.6 Å². The Morgan fingerprint density at radius 2 is 1.74 bits per heavy atom. The van der Waals surface area contributed by atoms with E-state index in [1.165, 1.54) is 0 Å². The Hall–Kier alpha value is -4.47. The molecule has 0 saturated carbocycles. The number of ether oxygens (including phenoxy) is 1. The highest BCUT2D eigenvalue weighted by Crippen LogP contribution is 2.40. The van der Waals surface area contributed by atoms with Crippen LogP contribution in [0.5, 0.6) is 0 Å². The minimum atomic E-state index is -0.591. The maximum atomic E-state index is 13.8. The Bertz CT molecular complexity index is 1900. The molecule has 2 aliphatic heterocycles. The molecule has 13 heteroatoms. The van der Waals surface area contributed by atoms with Gasteiger partial charge in [0, 0.05) is 55.6 Å². The second-order valence-electron chi connectivity index (χ2n) is 12.4. The molecule has 5 heterocycles. The summed E-state index contributed by atoms with van der Waals surface area (Å²) in [7, 11) is 1.86. The summed E-state index contributed by atoms with van der Waals surface area (Å²) in [6.45, 7) is 11.1. The third kappa shape index (κ3) is 6.43. The van der Waals surface area contributed by atoms with Crippen molar-refractivity contribution in [3.05, 3.63) is 80.5 Å². The van der Waals surface area contributed by atoms with E-state index in [4.69, 9.17) is 21.3 Å². The molecule has 0 unspecified atom stereocenters. The number of hydrogen-bond acceptors (Lipinski definition) is 8. The number of aliphatic imine (C=N–C) groups is 1. The summed E-state index contributed by atoms with van der Waals surface area (Å²) in [6.07, 6.45) is 3.35. The molecule has 2 amide bonds. The normalized spacial score (nSPS) is 16.2. The smallest absolute Gasteiger partial charge is 0.410 e. The number of piperazine rings is 1. The number of nitrogens with zero attached hydrogens (tertiary/aromatic N) is 8. The van der Waals surface area contributed by atoms with Crippen molar-refractivity contribution in [1.82, 2.24) is 34.3 Å². The topological polar surface area (TPSA) is 111 Å². The van der Waals surface area contributed by atoms with E-state index in [-0.39, 0.29) is 18.4 Å². The lowest BCUT2D eigenvalue weighted by Gasteiger charge is -2.36. The lowest BCUT2D eigenvalue weighted by Crippen LogP contribution is -2.51. The van der Waals surface area contributed by atoms with E-state index in [1.54, 1.807) is 32.0 Å². The Kier molecular flexibility index (Phi) is 8.48. The predicted octanol–water partition coefficient (Wildman–Crippen LogP) is 5.09. The van der Waals surface area contributed by atoms with Gasteiger partial charge in [-0.1, -0.05) is 35.6 Å². The van der Waals surface area contributed by atoms with Crippen molar-refractivity contribution in [2.75, 3.05) is 26.2 Å². The molecule has 0 N–H and O–H groups in total. The van der Waals surface area contributed by atoms with Gasteiger partial charge in [-0.2, -0.15) is 5.10 Å². The lowest BCUT2D eigenvalue weighted by molar-refractivity contribution is -0.133. The zero-order chi connectivity index (χ0) is 32.7. The number of hydrogen-bond donors (Lipinski definition) is 0. The van der Waals surface area contributed by atoms with E-state index in [2.05, 4.69) is 27.1 Å². The maximum absolute atomic E-state index is 13.8. The van der Waals surface area contributed by atoms with E-state index in [9.17, 15) is 9.59 Å². The molecule has 0 radical (unpaired) electrons. The van der Waals surface area contributed by atoms with Gasteiger partial charge in [0.05, 0.1) is 28.8 Å². The summed E-state index contributed by atoms with van der Waals surface area (Å²) in [5.74, 6) is 7.80. The first-order chi connectivity index (χ1) is 21.9. The summed E-state index contributed by atoms with van der Waals surface area (Å²) in [5.41, 5.74) is 3.76. The molecule has 46 heavy (non-hydrogen) atoms. The van der Waals surface area contributed by atoms with E-state index in [0.29, 0.717) is 42.9 Å². The highest BCUT2D eigenvalue weighted by Gasteiger charge is 2.35. The molecule has 0 aliphatic carbocycles. The molecule has 0 spiro atoms. The fraction of sp³-hybridized carbons (Fsp3) is 0.394. The SMILES string of the molecule is Cc1c(C#Cc2cnn(C)c2)sc2c1C(c1ccc(Cl)cc1)=N[C@@H](CC(=O)N1CCN(C(=O)OC(C)(C)C)CC1)c1nnc(C)n1-2. The van der Waals surface area contributed by atoms with Crippen molar-refractivity contribution in [1.29, 1.82) is 0 Å². The summed E-state index contributed by atoms with van der Waals surface area (Å²) >= 11 is 7.82. The molecule has 1 atom stereocenters. The van der Waals surface area contributed by atoms with Gasteiger partial charge in [-0.15, -0.1) is 21.5 Å². The molecule has 1 saturated heterocycles. The van der Waals surface area contributed by atoms with Crippen LogP contribution < -0.4 is 0 Å². The standard InChI is InChI=1S/C33H35ClN8O3S/c1-20-26(12-7-22-18-35-39(6)19-22)46-31-28(20)29(23-8-10-24(34)11-9-23)36-25(30-38-37-21(2)42(30)31)17-27(43)40-13-15-41(16-14-40)32(44)45-33(3,4)5/h8-11,18-19,25H,13-17H2,1-6H3/t25-/m0/s1. The second-order valence-corrected chi connectivity index (χ2v) is 13.8. The number of aryl methyl sites for hydroxylation is 2. The zero-order valence-corrected chi connectivity index (χ0v) is 28.2. The largest absolute Gasteiger partial charge is 0.444 e. The van der Waals surface area contributed by atoms with Crippen LogP contribution >= 0.6 is 22.9 Å². The van der Waals surface area contributed by atoms with Gasteiger partial charge in [0.2, 0.25) is 5.91 Å². The van der Waals surface area contributed by atoms with Gasteiger partial charge in [0.1, 0.15) is 22.5 Å². The lowest BCUT2D eigenvalue weighted by atomic mass is 9.99. The molecule has 1 fully saturated rings. The minimum absolute atomic E-state index is 0.0646. The summed E-state index contributed by atoms with van der Waals surface area (Å²) in [4.78, 5) is 35.9. The van der Waals surface area contributed by atoms with E-state index in [1.807, 2.05) is 76.7 Å². The number of amides is 2. The average molecular weight is 659 g/mol. The predicted molar refractivity (Wildman–Crippen MR) is 177 cm³/mol. The van der Waals surface area contributed by atoms with Gasteiger partial charge in [-0.05, 0) is 52.3 Å². The van der Waals surface area contributed by atoms with Crippen LogP contribution in [0.15, 0.2) is 41.7 Å². The Morgan fingerprint density at radius 3 is 2.39 bits per heavy atom. The van der Waals surface area contributed by atoms with Crippen LogP contribution in [-0.4, -0.2) is 83.8 Å². The first-order valence-corrected chi connectivity index (χ1v) is 16.2. The van der Waals surface area contributed by atoms with E-state index in [0.717, 1.165) is 37.8 Å². The molecular weight excluding hydrogens is 624 g/mol. The third-order valence-corrected chi connectivity index (χ3v) is 9.24. The average Bonchev–Trinajstić information content (AvgIpc) is 3.67. The monoisotopic (exact) mass is 658 g/mol. The molecule has 0 bridgehead atoms. The van der Waals surface area contributed by atoms with Gasteiger partial charge in [-0.3, -0.25) is 19.0 Å². The molecule has 1 aromatic carbocycles. The van der Waals surface area contributed by atoms with Gasteiger partial charge < -0.3 is 14.5 Å². The molecule has 6 rings (SSSR count). The van der Waals surface area contributed by atoms with Crippen LogP contribution in [0.3, 0.4) is 0 Å². The first kappa shape index (κ1) is 31.5. The van der Waals surface area contributed by atoms with Gasteiger partial charge in [0.15, 0.2) is 5.82 Å². The third-order valence-electron chi connectivity index (χ3n) is 7.80. The van der Waals surface area contributed by atoms with Crippen LogP contribution in [0.2, 0.25) is 5.02 Å². The number of aromatic nitrogens is 5. The molecule has 2 aliphatic rings. The number of carbonyl (C=O) groups excluding carboxylic acids is 2. The molecular formula is C33H35ClN8O3S. The number of benzene rings is 1. The Morgan fingerprint density at radius 1 is 1.04 bits per heavy atom. The second kappa shape index (κ2) is 12.4. The van der Waals surface area contributed by atoms with Crippen LogP contribution in [0.4, 0.5) is 4.79 Å². The fourth-order valence-electron chi connectivity index (χ4n) is 5.52. The number of thiophene rings is 1. The summed E-state index contributed by atoms with van der Waals surface area (Å²) in [5, 5.41) is 14.7. The van der Waals surface area contributed by atoms with Crippen molar-refractivity contribution in [2.24, 2.45) is 12.0 Å². The van der Waals surface area contributed by atoms with E-state index >= 15 is 0 Å². The summed E-state index contributed by atoms with van der Waals surface area (Å²) < 4.78 is 9.25. The van der Waals surface area contributed by atoms with Gasteiger partial charge >= 0.3 is 6.09 Å². The van der Waals surface area contributed by atoms with Crippen molar-refractivity contribution in [3.63, 3.8) is 0 Å². The number of rotatable bonds is 3. The molecule has 3 aromatic heterocycles. The summed E-state index contributed by atoms with van der Waals surface area (Å²) in [6, 6.07) is 6.97. The van der Waals surface area contributed by atoms with Gasteiger partial charge in [-0.25, -0.2) is 4.79 Å². The number of carbonyl (C=O) groups is 2. The molecule has 238 valence electrons. The maximum Gasteiger partial charge on any atom is 0.410 e. The van der Waals surface area contributed by atoms with Crippen molar-refractivity contribution in [3.8, 4) is 16.8 Å². The quantitative estimate of drug-likeness (QED) is 0.284. The Balaban J connectivity index is 1.35. The van der Waals surface area contributed by atoms with Crippen LogP contribution in [0, 0.1) is 25.7 Å². The first-order valence-electron chi connectivity index (χ1n) is 15.0. The Labute approximate surface area is 276 Å². The highest BCUT2D eigenvalue weighted by atomic mass is 35.5. The fourth-order valence-corrected chi connectivity index (χ4v) is 6.86. The van der Waals surface area contributed by atoms with Crippen molar-refractivity contribution >= 4 is 40.6 Å². The van der Waals surface area contributed by atoms with Gasteiger partial charge in [0.25, 0.3) is 0 Å². The van der Waals surface area contributed by atoms with Crippen LogP contribution in [0.1, 0.15) is 72.0 Å². The van der Waals surface area contributed by atoms with Crippen molar-refractivity contribution in [2.45, 2.75) is 52.7 Å². The molecule has 11 nitrogen and oxygen atoms in total. The van der Waals surface area contributed by atoms with Crippen LogP contribution in [-0.2, 0) is 16.6 Å². The highest BCUT2D eigenvalue weighted by molar-refractivity contribution is 7.15. The number of fused-ring (bicyclic) bond motifs is 3. The van der Waals surface area contributed by atoms with Crippen molar-refractivity contribution < 1.29 is 14.3 Å².